The van der Waals surface area contributed by atoms with Crippen LogP contribution in [0.15, 0.2) is 18.2 Å². The number of hydrogen-bond donors (Lipinski definition) is 2. The van der Waals surface area contributed by atoms with Crippen molar-refractivity contribution in [1.82, 2.24) is 10.6 Å². The van der Waals surface area contributed by atoms with Gasteiger partial charge in [-0.3, -0.25) is 10.1 Å². The minimum absolute atomic E-state index is 0.377. The fourth-order valence-corrected chi connectivity index (χ4v) is 1.76. The number of urea groups is 1. The summed E-state index contributed by atoms with van der Waals surface area (Å²) >= 11 is 0. The fourth-order valence-electron chi connectivity index (χ4n) is 1.76. The topological polar surface area (TPSA) is 84.5 Å². The van der Waals surface area contributed by atoms with Crippen molar-refractivity contribution in [2.45, 2.75) is 34.1 Å². The summed E-state index contributed by atoms with van der Waals surface area (Å²) in [7, 11) is 0. The van der Waals surface area contributed by atoms with E-state index in [0.717, 1.165) is 17.5 Å². The van der Waals surface area contributed by atoms with Gasteiger partial charge in [0, 0.05) is 6.54 Å². The van der Waals surface area contributed by atoms with E-state index in [-0.39, 0.29) is 0 Å². The van der Waals surface area contributed by atoms with Crippen molar-refractivity contribution >= 4 is 17.9 Å². The van der Waals surface area contributed by atoms with Crippen LogP contribution >= 0.6 is 0 Å². The summed E-state index contributed by atoms with van der Waals surface area (Å²) in [6.45, 7) is 7.90. The number of nitrogens with one attached hydrogen (secondary N) is 2. The van der Waals surface area contributed by atoms with Gasteiger partial charge in [0.15, 0.2) is 6.61 Å². The number of carbonyl (C=O) groups excluding carboxylic acids is 3. The molecule has 0 saturated carbocycles. The molecular formula is C17H24N2O4. The fraction of sp³-hybridized carbons (Fsp3) is 0.471. The minimum atomic E-state index is -0.663. The van der Waals surface area contributed by atoms with Gasteiger partial charge in [-0.25, -0.2) is 9.59 Å². The molecular weight excluding hydrogens is 296 g/mol. The molecule has 0 aromatic heterocycles. The zero-order chi connectivity index (χ0) is 17.4. The molecule has 1 aromatic carbocycles. The molecule has 0 spiro atoms. The Labute approximate surface area is 136 Å². The first-order chi connectivity index (χ1) is 10.8. The first-order valence-corrected chi connectivity index (χ1v) is 7.61. The number of imide groups is 1. The maximum atomic E-state index is 11.8. The standard InChI is InChI=1S/C17H24N2O4/c1-11(2)7-8-18-17(22)19-15(20)10-23-16(21)14-6-5-12(3)13(4)9-14/h5-6,9,11H,7-8,10H2,1-4H3,(H2,18,19,20,22). The van der Waals surface area contributed by atoms with Gasteiger partial charge < -0.3 is 10.1 Å². The van der Waals surface area contributed by atoms with E-state index in [4.69, 9.17) is 4.74 Å². The summed E-state index contributed by atoms with van der Waals surface area (Å²) in [6, 6.07) is 4.57. The van der Waals surface area contributed by atoms with Crippen LogP contribution in [-0.2, 0) is 9.53 Å². The highest BCUT2D eigenvalue weighted by Gasteiger charge is 2.13. The van der Waals surface area contributed by atoms with Crippen LogP contribution in [0.2, 0.25) is 0 Å². The van der Waals surface area contributed by atoms with Gasteiger partial charge in [0.05, 0.1) is 5.56 Å². The molecule has 0 bridgehead atoms. The lowest BCUT2D eigenvalue weighted by Crippen LogP contribution is -2.41. The van der Waals surface area contributed by atoms with E-state index in [0.29, 0.717) is 18.0 Å². The molecule has 2 N–H and O–H groups in total. The van der Waals surface area contributed by atoms with Crippen LogP contribution in [0.25, 0.3) is 0 Å². The van der Waals surface area contributed by atoms with Crippen LogP contribution in [0.3, 0.4) is 0 Å². The van der Waals surface area contributed by atoms with Crippen molar-refractivity contribution in [2.24, 2.45) is 5.92 Å². The molecule has 0 aliphatic heterocycles. The van der Waals surface area contributed by atoms with Gasteiger partial charge >= 0.3 is 12.0 Å². The molecule has 0 fully saturated rings. The molecule has 0 unspecified atom stereocenters. The Balaban J connectivity index is 2.36. The highest BCUT2D eigenvalue weighted by Crippen LogP contribution is 2.10. The molecule has 6 nitrogen and oxygen atoms in total. The molecule has 23 heavy (non-hydrogen) atoms. The van der Waals surface area contributed by atoms with E-state index < -0.39 is 24.5 Å². The highest BCUT2D eigenvalue weighted by atomic mass is 16.5. The largest absolute Gasteiger partial charge is 0.452 e. The van der Waals surface area contributed by atoms with Crippen molar-refractivity contribution in [3.63, 3.8) is 0 Å². The summed E-state index contributed by atoms with van der Waals surface area (Å²) in [5.41, 5.74) is 2.41. The Kier molecular flexibility index (Phi) is 7.25. The number of esters is 1. The molecule has 0 radical (unpaired) electrons. The Morgan fingerprint density at radius 2 is 1.83 bits per heavy atom. The smallest absolute Gasteiger partial charge is 0.338 e. The summed E-state index contributed by atoms with van der Waals surface area (Å²) in [4.78, 5) is 34.8. The van der Waals surface area contributed by atoms with E-state index in [1.54, 1.807) is 12.1 Å². The molecule has 0 aliphatic rings. The lowest BCUT2D eigenvalue weighted by molar-refractivity contribution is -0.123. The maximum absolute atomic E-state index is 11.8. The second-order valence-corrected chi connectivity index (χ2v) is 5.86. The molecule has 0 heterocycles. The molecule has 1 aromatic rings. The van der Waals surface area contributed by atoms with Gasteiger partial charge in [-0.1, -0.05) is 19.9 Å². The first-order valence-electron chi connectivity index (χ1n) is 7.61. The number of benzene rings is 1. The van der Waals surface area contributed by atoms with E-state index in [1.807, 2.05) is 33.8 Å². The van der Waals surface area contributed by atoms with Crippen LogP contribution in [0.5, 0.6) is 0 Å². The Morgan fingerprint density at radius 3 is 2.43 bits per heavy atom. The number of carbonyl (C=O) groups is 3. The molecule has 6 heteroatoms. The molecule has 0 saturated heterocycles. The number of rotatable bonds is 6. The minimum Gasteiger partial charge on any atom is -0.452 e. The predicted octanol–water partition coefficient (Wildman–Crippen LogP) is 2.33. The predicted molar refractivity (Wildman–Crippen MR) is 87.2 cm³/mol. The van der Waals surface area contributed by atoms with Crippen LogP contribution in [-0.4, -0.2) is 31.1 Å². The highest BCUT2D eigenvalue weighted by molar-refractivity contribution is 5.97. The Morgan fingerprint density at radius 1 is 1.13 bits per heavy atom. The molecule has 1 rings (SSSR count). The summed E-state index contributed by atoms with van der Waals surface area (Å²) < 4.78 is 4.90. The molecule has 0 atom stereocenters. The third-order valence-electron chi connectivity index (χ3n) is 3.34. The lowest BCUT2D eigenvalue weighted by Gasteiger charge is -2.09. The van der Waals surface area contributed by atoms with Gasteiger partial charge in [-0.05, 0) is 49.4 Å². The zero-order valence-electron chi connectivity index (χ0n) is 14.1. The third kappa shape index (κ3) is 6.95. The zero-order valence-corrected chi connectivity index (χ0v) is 14.1. The van der Waals surface area contributed by atoms with E-state index in [1.165, 1.54) is 0 Å². The van der Waals surface area contributed by atoms with Crippen LogP contribution in [0.4, 0.5) is 4.79 Å². The number of hydrogen-bond acceptors (Lipinski definition) is 4. The van der Waals surface area contributed by atoms with Gasteiger partial charge in [-0.2, -0.15) is 0 Å². The molecule has 126 valence electrons. The van der Waals surface area contributed by atoms with E-state index >= 15 is 0 Å². The SMILES string of the molecule is Cc1ccc(C(=O)OCC(=O)NC(=O)NCCC(C)C)cc1C. The van der Waals surface area contributed by atoms with Crippen LogP contribution in [0, 0.1) is 19.8 Å². The number of amides is 3. The number of ether oxygens (including phenoxy) is 1. The average molecular weight is 320 g/mol. The second kappa shape index (κ2) is 8.92. The summed E-state index contributed by atoms with van der Waals surface area (Å²) in [5, 5.41) is 4.68. The molecule has 0 aliphatic carbocycles. The van der Waals surface area contributed by atoms with Gasteiger partial charge in [0.25, 0.3) is 5.91 Å². The van der Waals surface area contributed by atoms with Crippen LogP contribution < -0.4 is 10.6 Å². The maximum Gasteiger partial charge on any atom is 0.338 e. The van der Waals surface area contributed by atoms with E-state index in [9.17, 15) is 14.4 Å². The molecule has 3 amide bonds. The van der Waals surface area contributed by atoms with Gasteiger partial charge in [0.1, 0.15) is 0 Å². The van der Waals surface area contributed by atoms with Crippen LogP contribution in [0.1, 0.15) is 41.8 Å². The Bertz CT molecular complexity index is 582. The van der Waals surface area contributed by atoms with Gasteiger partial charge in [0.2, 0.25) is 0 Å². The lowest BCUT2D eigenvalue weighted by atomic mass is 10.1. The van der Waals surface area contributed by atoms with Crippen molar-refractivity contribution in [2.75, 3.05) is 13.2 Å². The number of aryl methyl sites for hydroxylation is 2. The van der Waals surface area contributed by atoms with Crippen molar-refractivity contribution in [3.8, 4) is 0 Å². The average Bonchev–Trinajstić information content (AvgIpc) is 2.47. The third-order valence-corrected chi connectivity index (χ3v) is 3.34. The van der Waals surface area contributed by atoms with Crippen molar-refractivity contribution in [3.05, 3.63) is 34.9 Å². The second-order valence-electron chi connectivity index (χ2n) is 5.86. The Hall–Kier alpha value is -2.37. The summed E-state index contributed by atoms with van der Waals surface area (Å²) in [6.07, 6.45) is 0.823. The van der Waals surface area contributed by atoms with Crippen molar-refractivity contribution in [1.29, 1.82) is 0 Å². The normalized spacial score (nSPS) is 10.3. The van der Waals surface area contributed by atoms with Gasteiger partial charge in [-0.15, -0.1) is 0 Å². The summed E-state index contributed by atoms with van der Waals surface area (Å²) in [5.74, 6) is -0.794. The first kappa shape index (κ1) is 18.7. The van der Waals surface area contributed by atoms with Crippen molar-refractivity contribution < 1.29 is 19.1 Å². The monoisotopic (exact) mass is 320 g/mol. The van der Waals surface area contributed by atoms with E-state index in [2.05, 4.69) is 10.6 Å². The quantitative estimate of drug-likeness (QED) is 0.788.